The highest BCUT2D eigenvalue weighted by atomic mass is 16.5. The summed E-state index contributed by atoms with van der Waals surface area (Å²) in [6, 6.07) is 9.70. The number of nitrogens with one attached hydrogen (secondary N) is 2. The van der Waals surface area contributed by atoms with Gasteiger partial charge in [-0.25, -0.2) is 0 Å². The molecule has 0 bridgehead atoms. The zero-order chi connectivity index (χ0) is 19.1. The molecular weight excluding hydrogens is 344 g/mol. The van der Waals surface area contributed by atoms with Crippen LogP contribution in [0.4, 0.5) is 0 Å². The lowest BCUT2D eigenvalue weighted by molar-refractivity contribution is -0.132. The number of ether oxygens (including phenoxy) is 1. The number of hydrogen-bond donors (Lipinski definition) is 3. The molecule has 0 radical (unpaired) electrons. The molecule has 3 rings (SSSR count). The molecule has 2 aliphatic rings. The van der Waals surface area contributed by atoms with Crippen molar-refractivity contribution in [1.82, 2.24) is 10.6 Å². The van der Waals surface area contributed by atoms with E-state index in [9.17, 15) is 14.7 Å². The van der Waals surface area contributed by atoms with Crippen molar-refractivity contribution < 1.29 is 19.4 Å². The average molecular weight is 374 g/mol. The molecule has 2 amide bonds. The molecule has 0 spiro atoms. The highest BCUT2D eigenvalue weighted by Crippen LogP contribution is 2.26. The van der Waals surface area contributed by atoms with Gasteiger partial charge in [-0.15, -0.1) is 0 Å². The van der Waals surface area contributed by atoms with Gasteiger partial charge >= 0.3 is 0 Å². The van der Waals surface area contributed by atoms with E-state index in [1.165, 1.54) is 5.56 Å². The first-order valence-corrected chi connectivity index (χ1v) is 10.0. The summed E-state index contributed by atoms with van der Waals surface area (Å²) in [4.78, 5) is 24.9. The number of carbonyl (C=O) groups is 2. The summed E-state index contributed by atoms with van der Waals surface area (Å²) in [6.45, 7) is 1.82. The Hall–Kier alpha value is -1.92. The lowest BCUT2D eigenvalue weighted by Crippen LogP contribution is -2.51. The fourth-order valence-corrected chi connectivity index (χ4v) is 3.93. The second kappa shape index (κ2) is 9.85. The molecule has 0 unspecified atom stereocenters. The molecule has 6 nitrogen and oxygen atoms in total. The lowest BCUT2D eigenvalue weighted by Gasteiger charge is -2.34. The van der Waals surface area contributed by atoms with Crippen LogP contribution in [0.1, 0.15) is 37.7 Å². The minimum atomic E-state index is -0.581. The Morgan fingerprint density at radius 1 is 1.00 bits per heavy atom. The van der Waals surface area contributed by atoms with Crippen molar-refractivity contribution in [3.63, 3.8) is 0 Å². The summed E-state index contributed by atoms with van der Waals surface area (Å²) >= 11 is 0. The van der Waals surface area contributed by atoms with Crippen LogP contribution in [0.15, 0.2) is 30.3 Å². The number of carbonyl (C=O) groups excluding carboxylic acids is 2. The average Bonchev–Trinajstić information content (AvgIpc) is 2.71. The SMILES string of the molecule is O=C(N[C@@H]1C[C@@H](C(=O)NCCc2ccccc2)CC[C@H]1O)C1CCOCC1. The first kappa shape index (κ1) is 19.8. The van der Waals surface area contributed by atoms with Crippen LogP contribution in [0, 0.1) is 11.8 Å². The maximum atomic E-state index is 12.5. The summed E-state index contributed by atoms with van der Waals surface area (Å²) in [5.74, 6) is -0.217. The van der Waals surface area contributed by atoms with Gasteiger partial charge in [0.25, 0.3) is 0 Å². The van der Waals surface area contributed by atoms with Crippen LogP contribution in [-0.2, 0) is 20.7 Å². The van der Waals surface area contributed by atoms with Crippen molar-refractivity contribution >= 4 is 11.8 Å². The number of benzene rings is 1. The first-order valence-electron chi connectivity index (χ1n) is 10.0. The second-order valence-electron chi connectivity index (χ2n) is 7.61. The third-order valence-electron chi connectivity index (χ3n) is 5.66. The molecule has 3 N–H and O–H groups in total. The van der Waals surface area contributed by atoms with Crippen LogP contribution in [0.2, 0.25) is 0 Å². The topological polar surface area (TPSA) is 87.7 Å². The smallest absolute Gasteiger partial charge is 0.223 e. The maximum Gasteiger partial charge on any atom is 0.223 e. The van der Waals surface area contributed by atoms with E-state index < -0.39 is 6.10 Å². The zero-order valence-electron chi connectivity index (χ0n) is 15.7. The molecule has 1 aromatic rings. The minimum absolute atomic E-state index is 0.0168. The van der Waals surface area contributed by atoms with Crippen molar-refractivity contribution in [3.05, 3.63) is 35.9 Å². The van der Waals surface area contributed by atoms with Gasteiger partial charge in [-0.3, -0.25) is 9.59 Å². The molecule has 6 heteroatoms. The van der Waals surface area contributed by atoms with Gasteiger partial charge in [0, 0.05) is 31.6 Å². The predicted octanol–water partition coefficient (Wildman–Crippen LogP) is 1.42. The van der Waals surface area contributed by atoms with E-state index in [-0.39, 0.29) is 29.7 Å². The highest BCUT2D eigenvalue weighted by molar-refractivity contribution is 5.80. The number of aliphatic hydroxyl groups excluding tert-OH is 1. The Kier molecular flexibility index (Phi) is 7.24. The van der Waals surface area contributed by atoms with Gasteiger partial charge in [-0.1, -0.05) is 30.3 Å². The maximum absolute atomic E-state index is 12.5. The third kappa shape index (κ3) is 5.78. The Labute approximate surface area is 160 Å². The van der Waals surface area contributed by atoms with E-state index in [4.69, 9.17) is 4.74 Å². The normalized spacial score (nSPS) is 26.3. The highest BCUT2D eigenvalue weighted by Gasteiger charge is 2.35. The largest absolute Gasteiger partial charge is 0.391 e. The predicted molar refractivity (Wildman–Crippen MR) is 102 cm³/mol. The van der Waals surface area contributed by atoms with Gasteiger partial charge in [-0.05, 0) is 44.1 Å². The molecule has 1 saturated heterocycles. The third-order valence-corrected chi connectivity index (χ3v) is 5.66. The van der Waals surface area contributed by atoms with Crippen molar-refractivity contribution in [3.8, 4) is 0 Å². The van der Waals surface area contributed by atoms with Gasteiger partial charge < -0.3 is 20.5 Å². The number of aliphatic hydroxyl groups is 1. The lowest BCUT2D eigenvalue weighted by atomic mass is 9.82. The van der Waals surface area contributed by atoms with Crippen molar-refractivity contribution in [2.75, 3.05) is 19.8 Å². The fourth-order valence-electron chi connectivity index (χ4n) is 3.93. The molecule has 1 saturated carbocycles. The summed E-state index contributed by atoms with van der Waals surface area (Å²) in [7, 11) is 0. The van der Waals surface area contributed by atoms with Crippen LogP contribution in [0.3, 0.4) is 0 Å². The van der Waals surface area contributed by atoms with E-state index >= 15 is 0 Å². The molecule has 1 aliphatic heterocycles. The van der Waals surface area contributed by atoms with Gasteiger partial charge in [0.05, 0.1) is 12.1 Å². The van der Waals surface area contributed by atoms with Gasteiger partial charge in [0.1, 0.15) is 0 Å². The summed E-state index contributed by atoms with van der Waals surface area (Å²) < 4.78 is 5.30. The van der Waals surface area contributed by atoms with Crippen LogP contribution >= 0.6 is 0 Å². The Bertz CT molecular complexity index is 616. The summed E-state index contributed by atoms with van der Waals surface area (Å²) in [5, 5.41) is 16.3. The molecule has 27 heavy (non-hydrogen) atoms. The molecule has 1 aliphatic carbocycles. The van der Waals surface area contributed by atoms with Crippen LogP contribution in [-0.4, -0.2) is 48.8 Å². The van der Waals surface area contributed by atoms with E-state index in [2.05, 4.69) is 10.6 Å². The van der Waals surface area contributed by atoms with Crippen LogP contribution in [0.5, 0.6) is 0 Å². The van der Waals surface area contributed by atoms with Gasteiger partial charge in [0.15, 0.2) is 0 Å². The van der Waals surface area contributed by atoms with Crippen LogP contribution < -0.4 is 10.6 Å². The Morgan fingerprint density at radius 2 is 1.74 bits per heavy atom. The molecule has 2 fully saturated rings. The van der Waals surface area contributed by atoms with E-state index in [1.54, 1.807) is 0 Å². The second-order valence-corrected chi connectivity index (χ2v) is 7.61. The quantitative estimate of drug-likeness (QED) is 0.703. The molecular formula is C21H30N2O4. The monoisotopic (exact) mass is 374 g/mol. The number of rotatable bonds is 6. The Morgan fingerprint density at radius 3 is 2.48 bits per heavy atom. The molecule has 1 aromatic carbocycles. The Balaban J connectivity index is 1.45. The van der Waals surface area contributed by atoms with Crippen molar-refractivity contribution in [2.45, 2.75) is 50.7 Å². The standard InChI is InChI=1S/C21H30N2O4/c24-19-7-6-17(20(25)22-11-8-15-4-2-1-3-5-15)14-18(19)23-21(26)16-9-12-27-13-10-16/h1-5,16-19,24H,6-14H2,(H,22,25)(H,23,26)/t17-,18+,19+/m0/s1. The number of hydrogen-bond acceptors (Lipinski definition) is 4. The van der Waals surface area contributed by atoms with E-state index in [1.807, 2.05) is 30.3 Å². The van der Waals surface area contributed by atoms with E-state index in [0.29, 0.717) is 39.0 Å². The van der Waals surface area contributed by atoms with Gasteiger partial charge in [0.2, 0.25) is 11.8 Å². The first-order chi connectivity index (χ1) is 13.1. The van der Waals surface area contributed by atoms with Crippen molar-refractivity contribution in [2.24, 2.45) is 11.8 Å². The van der Waals surface area contributed by atoms with Crippen LogP contribution in [0.25, 0.3) is 0 Å². The van der Waals surface area contributed by atoms with E-state index in [0.717, 1.165) is 19.3 Å². The molecule has 3 atom stereocenters. The van der Waals surface area contributed by atoms with Gasteiger partial charge in [-0.2, -0.15) is 0 Å². The summed E-state index contributed by atoms with van der Waals surface area (Å²) in [6.07, 6.45) is 3.34. The molecule has 0 aromatic heterocycles. The fraction of sp³-hybridized carbons (Fsp3) is 0.619. The zero-order valence-corrected chi connectivity index (χ0v) is 15.7. The summed E-state index contributed by atoms with van der Waals surface area (Å²) in [5.41, 5.74) is 1.19. The minimum Gasteiger partial charge on any atom is -0.391 e. The molecule has 148 valence electrons. The molecule has 1 heterocycles. The van der Waals surface area contributed by atoms with Crippen molar-refractivity contribution in [1.29, 1.82) is 0 Å². The number of amides is 2.